The number of aliphatic hydroxyl groups excluding tert-OH is 1. The Morgan fingerprint density at radius 3 is 1.75 bits per heavy atom. The summed E-state index contributed by atoms with van der Waals surface area (Å²) >= 11 is 0. The van der Waals surface area contributed by atoms with E-state index in [9.17, 15) is 14.7 Å². The summed E-state index contributed by atoms with van der Waals surface area (Å²) in [6.45, 7) is -0.284. The molecular formula is C19H24N4O5. The Morgan fingerprint density at radius 2 is 1.32 bits per heavy atom. The lowest BCUT2D eigenvalue weighted by atomic mass is 10.3. The third kappa shape index (κ3) is 6.69. The molecule has 4 amide bonds. The number of amides is 4. The maximum Gasteiger partial charge on any atom is 0.319 e. The maximum atomic E-state index is 12.0. The number of anilines is 2. The van der Waals surface area contributed by atoms with E-state index in [1.165, 1.54) is 0 Å². The molecule has 5 N–H and O–H groups in total. The van der Waals surface area contributed by atoms with Crippen LogP contribution >= 0.6 is 0 Å². The van der Waals surface area contributed by atoms with Gasteiger partial charge in [-0.25, -0.2) is 9.59 Å². The summed E-state index contributed by atoms with van der Waals surface area (Å²) in [7, 11) is 3.11. The predicted molar refractivity (Wildman–Crippen MR) is 106 cm³/mol. The molecule has 28 heavy (non-hydrogen) atoms. The number of urea groups is 2. The number of rotatable bonds is 8. The van der Waals surface area contributed by atoms with Gasteiger partial charge < -0.3 is 35.8 Å². The van der Waals surface area contributed by atoms with Gasteiger partial charge in [0.2, 0.25) is 0 Å². The van der Waals surface area contributed by atoms with E-state index in [1.807, 2.05) is 0 Å². The van der Waals surface area contributed by atoms with E-state index in [0.29, 0.717) is 22.9 Å². The molecule has 0 unspecified atom stereocenters. The highest BCUT2D eigenvalue weighted by Crippen LogP contribution is 2.15. The molecule has 0 aliphatic rings. The van der Waals surface area contributed by atoms with Crippen molar-refractivity contribution in [1.82, 2.24) is 10.6 Å². The Bertz CT molecular complexity index is 765. The maximum absolute atomic E-state index is 12.0. The average Bonchev–Trinajstić information content (AvgIpc) is 2.72. The third-order valence-corrected chi connectivity index (χ3v) is 3.76. The molecule has 9 nitrogen and oxygen atoms in total. The van der Waals surface area contributed by atoms with E-state index < -0.39 is 18.1 Å². The van der Waals surface area contributed by atoms with Crippen molar-refractivity contribution in [2.75, 3.05) is 38.0 Å². The number of benzene rings is 2. The zero-order valence-electron chi connectivity index (χ0n) is 15.7. The third-order valence-electron chi connectivity index (χ3n) is 3.76. The van der Waals surface area contributed by atoms with Gasteiger partial charge in [0.05, 0.1) is 26.9 Å². The zero-order valence-corrected chi connectivity index (χ0v) is 15.7. The highest BCUT2D eigenvalue weighted by atomic mass is 16.5. The summed E-state index contributed by atoms with van der Waals surface area (Å²) in [5.74, 6) is 1.35. The second-order valence-electron chi connectivity index (χ2n) is 5.77. The Labute approximate surface area is 163 Å². The Hall–Kier alpha value is -3.46. The molecule has 0 saturated carbocycles. The highest BCUT2D eigenvalue weighted by molar-refractivity contribution is 5.90. The van der Waals surface area contributed by atoms with Gasteiger partial charge in [0.15, 0.2) is 0 Å². The first-order valence-electron chi connectivity index (χ1n) is 8.55. The molecule has 9 heteroatoms. The molecule has 0 aliphatic heterocycles. The molecule has 150 valence electrons. The smallest absolute Gasteiger partial charge is 0.319 e. The summed E-state index contributed by atoms with van der Waals surface area (Å²) in [5.41, 5.74) is 1.16. The number of nitrogens with one attached hydrogen (secondary N) is 4. The number of ether oxygens (including phenoxy) is 2. The predicted octanol–water partition coefficient (Wildman–Crippen LogP) is 2.01. The first kappa shape index (κ1) is 20.8. The number of methoxy groups -OCH3 is 2. The van der Waals surface area contributed by atoms with Crippen molar-refractivity contribution in [1.29, 1.82) is 0 Å². The number of hydrogen-bond acceptors (Lipinski definition) is 5. The normalized spacial score (nSPS) is 11.1. The van der Waals surface area contributed by atoms with E-state index >= 15 is 0 Å². The van der Waals surface area contributed by atoms with Crippen LogP contribution in [0.3, 0.4) is 0 Å². The molecule has 0 aromatic heterocycles. The van der Waals surface area contributed by atoms with Gasteiger partial charge >= 0.3 is 12.1 Å². The molecule has 0 radical (unpaired) electrons. The van der Waals surface area contributed by atoms with Crippen molar-refractivity contribution in [2.24, 2.45) is 0 Å². The van der Waals surface area contributed by atoms with Crippen molar-refractivity contribution >= 4 is 23.4 Å². The SMILES string of the molecule is COc1ccc(NC(=O)NC[C@H](CO)NC(=O)Nc2ccc(OC)cc2)cc1. The van der Waals surface area contributed by atoms with Crippen LogP contribution in [0.4, 0.5) is 21.0 Å². The van der Waals surface area contributed by atoms with Gasteiger partial charge in [0, 0.05) is 17.9 Å². The lowest BCUT2D eigenvalue weighted by Gasteiger charge is -2.18. The first-order chi connectivity index (χ1) is 13.5. The molecule has 2 aromatic carbocycles. The van der Waals surface area contributed by atoms with Gasteiger partial charge in [-0.05, 0) is 48.5 Å². The summed E-state index contributed by atoms with van der Waals surface area (Å²) in [4.78, 5) is 24.0. The Kier molecular flexibility index (Phi) is 7.92. The molecule has 2 aromatic rings. The summed E-state index contributed by atoms with van der Waals surface area (Å²) in [6.07, 6.45) is 0. The number of carbonyl (C=O) groups is 2. The molecule has 2 rings (SSSR count). The quantitative estimate of drug-likeness (QED) is 0.474. The fourth-order valence-corrected chi connectivity index (χ4v) is 2.25. The van der Waals surface area contributed by atoms with Crippen LogP contribution in [0.1, 0.15) is 0 Å². The monoisotopic (exact) mass is 388 g/mol. The minimum Gasteiger partial charge on any atom is -0.497 e. The van der Waals surface area contributed by atoms with Gasteiger partial charge in [-0.3, -0.25) is 0 Å². The van der Waals surface area contributed by atoms with Crippen LogP contribution in [0, 0.1) is 0 Å². The molecule has 0 heterocycles. The van der Waals surface area contributed by atoms with E-state index in [2.05, 4.69) is 21.3 Å². The summed E-state index contributed by atoms with van der Waals surface area (Å²) in [6, 6.07) is 12.0. The molecule has 0 aliphatic carbocycles. The van der Waals surface area contributed by atoms with Crippen LogP contribution in [0.15, 0.2) is 48.5 Å². The average molecular weight is 388 g/mol. The highest BCUT2D eigenvalue weighted by Gasteiger charge is 2.13. The number of aliphatic hydroxyl groups is 1. The Morgan fingerprint density at radius 1 is 0.857 bits per heavy atom. The first-order valence-corrected chi connectivity index (χ1v) is 8.55. The van der Waals surface area contributed by atoms with Gasteiger partial charge in [-0.1, -0.05) is 0 Å². The van der Waals surface area contributed by atoms with Crippen LogP contribution in [-0.2, 0) is 0 Å². The second kappa shape index (κ2) is 10.6. The lowest BCUT2D eigenvalue weighted by molar-refractivity contribution is 0.220. The summed E-state index contributed by atoms with van der Waals surface area (Å²) in [5, 5.41) is 19.9. The fraction of sp³-hybridized carbons (Fsp3) is 0.263. The lowest BCUT2D eigenvalue weighted by Crippen LogP contribution is -2.48. The minimum absolute atomic E-state index is 0.0501. The van der Waals surface area contributed by atoms with Gasteiger partial charge in [-0.15, -0.1) is 0 Å². The standard InChI is InChI=1S/C19H24N4O5/c1-27-16-7-3-13(4-8-16)21-18(25)20-11-15(12-24)23-19(26)22-14-5-9-17(28-2)10-6-14/h3-10,15,24H,11-12H2,1-2H3,(H2,20,21,25)(H2,22,23,26)/t15-/m1/s1. The Balaban J connectivity index is 1.77. The molecule has 0 saturated heterocycles. The van der Waals surface area contributed by atoms with Crippen LogP contribution in [-0.4, -0.2) is 50.6 Å². The van der Waals surface area contributed by atoms with Crippen molar-refractivity contribution in [3.05, 3.63) is 48.5 Å². The van der Waals surface area contributed by atoms with E-state index in [-0.39, 0.29) is 13.2 Å². The van der Waals surface area contributed by atoms with Crippen molar-refractivity contribution in [2.45, 2.75) is 6.04 Å². The van der Waals surface area contributed by atoms with Gasteiger partial charge in [-0.2, -0.15) is 0 Å². The van der Waals surface area contributed by atoms with Crippen LogP contribution in [0.25, 0.3) is 0 Å². The molecule has 0 bridgehead atoms. The number of hydrogen-bond donors (Lipinski definition) is 5. The van der Waals surface area contributed by atoms with Crippen molar-refractivity contribution < 1.29 is 24.2 Å². The minimum atomic E-state index is -0.653. The second-order valence-corrected chi connectivity index (χ2v) is 5.77. The molecule has 0 spiro atoms. The number of carbonyl (C=O) groups excluding carboxylic acids is 2. The van der Waals surface area contributed by atoms with Crippen LogP contribution in [0.2, 0.25) is 0 Å². The van der Waals surface area contributed by atoms with Crippen LogP contribution in [0.5, 0.6) is 11.5 Å². The summed E-state index contributed by atoms with van der Waals surface area (Å²) < 4.78 is 10.1. The zero-order chi connectivity index (χ0) is 20.4. The fourth-order valence-electron chi connectivity index (χ4n) is 2.25. The topological polar surface area (TPSA) is 121 Å². The van der Waals surface area contributed by atoms with Crippen molar-refractivity contribution in [3.63, 3.8) is 0 Å². The molecule has 0 fully saturated rings. The van der Waals surface area contributed by atoms with Crippen LogP contribution < -0.4 is 30.7 Å². The van der Waals surface area contributed by atoms with Gasteiger partial charge in [0.25, 0.3) is 0 Å². The van der Waals surface area contributed by atoms with Gasteiger partial charge in [0.1, 0.15) is 11.5 Å². The largest absolute Gasteiger partial charge is 0.497 e. The van der Waals surface area contributed by atoms with E-state index in [0.717, 1.165) is 0 Å². The molecule has 1 atom stereocenters. The molecular weight excluding hydrogens is 364 g/mol. The van der Waals surface area contributed by atoms with E-state index in [1.54, 1.807) is 62.8 Å². The van der Waals surface area contributed by atoms with Crippen molar-refractivity contribution in [3.8, 4) is 11.5 Å². The van der Waals surface area contributed by atoms with E-state index in [4.69, 9.17) is 9.47 Å².